The van der Waals surface area contributed by atoms with E-state index in [0.717, 1.165) is 15.6 Å². The van der Waals surface area contributed by atoms with Gasteiger partial charge in [-0.05, 0) is 65.3 Å². The number of hydrogen-bond acceptors (Lipinski definition) is 4. The van der Waals surface area contributed by atoms with Crippen LogP contribution in [0.1, 0.15) is 31.4 Å². The third-order valence-corrected chi connectivity index (χ3v) is 4.56. The maximum Gasteiger partial charge on any atom is 0.262 e. The van der Waals surface area contributed by atoms with E-state index in [1.54, 1.807) is 12.1 Å². The number of hydrogen-bond donors (Lipinski definition) is 1. The highest BCUT2D eigenvalue weighted by molar-refractivity contribution is 14.1. The number of amides is 1. The molecule has 5 nitrogen and oxygen atoms in total. The monoisotopic (exact) mass is 490 g/mol. The lowest BCUT2D eigenvalue weighted by atomic mass is 10.1. The van der Waals surface area contributed by atoms with Gasteiger partial charge in [0.25, 0.3) is 5.91 Å². The normalized spacial score (nSPS) is 10.9. The Bertz CT molecular complexity index is 873. The summed E-state index contributed by atoms with van der Waals surface area (Å²) in [4.78, 5) is 12.4. The minimum absolute atomic E-state index is 0.0383. The summed E-state index contributed by atoms with van der Waals surface area (Å²) in [6, 6.07) is 15.2. The first-order valence-corrected chi connectivity index (χ1v) is 10.2. The Morgan fingerprint density at radius 2 is 1.96 bits per heavy atom. The molecule has 2 aromatic carbocycles. The summed E-state index contributed by atoms with van der Waals surface area (Å²) in [5, 5.41) is 12.2. The van der Waals surface area contributed by atoms with Crippen molar-refractivity contribution < 1.29 is 14.3 Å². The maximum atomic E-state index is 12.4. The van der Waals surface area contributed by atoms with Gasteiger partial charge in [-0.1, -0.05) is 37.3 Å². The van der Waals surface area contributed by atoms with Crippen LogP contribution in [0.4, 0.5) is 0 Å². The molecule has 0 heterocycles. The molecule has 0 saturated heterocycles. The number of halogens is 1. The van der Waals surface area contributed by atoms with E-state index < -0.39 is 5.91 Å². The van der Waals surface area contributed by atoms with Gasteiger partial charge in [0.2, 0.25) is 0 Å². The zero-order chi connectivity index (χ0) is 20.4. The van der Waals surface area contributed by atoms with Gasteiger partial charge in [-0.25, -0.2) is 0 Å². The fourth-order valence-corrected chi connectivity index (χ4v) is 3.25. The number of rotatable bonds is 9. The van der Waals surface area contributed by atoms with Crippen LogP contribution in [0.25, 0.3) is 6.08 Å². The van der Waals surface area contributed by atoms with E-state index in [1.165, 1.54) is 0 Å². The van der Waals surface area contributed by atoms with E-state index in [2.05, 4.69) is 27.9 Å². The van der Waals surface area contributed by atoms with Crippen molar-refractivity contribution in [2.24, 2.45) is 0 Å². The van der Waals surface area contributed by atoms with Crippen molar-refractivity contribution in [1.29, 1.82) is 5.26 Å². The smallest absolute Gasteiger partial charge is 0.262 e. The molecule has 28 heavy (non-hydrogen) atoms. The lowest BCUT2D eigenvalue weighted by Gasteiger charge is -2.14. The molecule has 1 N–H and O–H groups in total. The van der Waals surface area contributed by atoms with Gasteiger partial charge >= 0.3 is 0 Å². The summed E-state index contributed by atoms with van der Waals surface area (Å²) >= 11 is 2.17. The molecule has 2 rings (SSSR count). The van der Waals surface area contributed by atoms with E-state index in [1.807, 2.05) is 56.3 Å². The Morgan fingerprint density at radius 1 is 1.21 bits per heavy atom. The fraction of sp³-hybridized carbons (Fsp3) is 0.273. The highest BCUT2D eigenvalue weighted by Crippen LogP contribution is 2.35. The Hall–Kier alpha value is -2.53. The van der Waals surface area contributed by atoms with Gasteiger partial charge in [-0.15, -0.1) is 0 Å². The van der Waals surface area contributed by atoms with Gasteiger partial charge in [-0.2, -0.15) is 5.26 Å². The van der Waals surface area contributed by atoms with Gasteiger partial charge in [0.15, 0.2) is 11.5 Å². The molecule has 0 bridgehead atoms. The van der Waals surface area contributed by atoms with Crippen molar-refractivity contribution in [3.05, 3.63) is 62.7 Å². The van der Waals surface area contributed by atoms with Crippen LogP contribution in [0.15, 0.2) is 48.0 Å². The SMILES string of the molecule is CCCOc1c(I)cc(/C=C(\C#N)C(=O)NCc2ccccc2)cc1OCC. The third-order valence-electron chi connectivity index (χ3n) is 3.75. The first kappa shape index (κ1) is 21.8. The number of benzene rings is 2. The van der Waals surface area contributed by atoms with Crippen LogP contribution in [0.3, 0.4) is 0 Å². The molecule has 0 unspecified atom stereocenters. The van der Waals surface area contributed by atoms with Gasteiger partial charge < -0.3 is 14.8 Å². The second kappa shape index (κ2) is 11.3. The summed E-state index contributed by atoms with van der Waals surface area (Å²) in [6.45, 7) is 5.39. The predicted molar refractivity (Wildman–Crippen MR) is 118 cm³/mol. The zero-order valence-electron chi connectivity index (χ0n) is 16.0. The molecule has 1 amide bonds. The van der Waals surface area contributed by atoms with Crippen molar-refractivity contribution in [2.45, 2.75) is 26.8 Å². The molecule has 0 fully saturated rings. The van der Waals surface area contributed by atoms with Gasteiger partial charge in [0, 0.05) is 6.54 Å². The minimum atomic E-state index is -0.411. The van der Waals surface area contributed by atoms with Crippen molar-refractivity contribution >= 4 is 34.6 Å². The summed E-state index contributed by atoms with van der Waals surface area (Å²) in [5.41, 5.74) is 1.72. The molecule has 0 aliphatic carbocycles. The van der Waals surface area contributed by atoms with E-state index in [4.69, 9.17) is 9.47 Å². The van der Waals surface area contributed by atoms with E-state index in [0.29, 0.717) is 36.8 Å². The standard InChI is InChI=1S/C22H23IN2O3/c1-3-10-28-21-19(23)12-17(13-20(21)27-4-2)11-18(14-24)22(26)25-15-16-8-6-5-7-9-16/h5-9,11-13H,3-4,10,15H2,1-2H3,(H,25,26)/b18-11+. The van der Waals surface area contributed by atoms with Crippen molar-refractivity contribution in [3.8, 4) is 17.6 Å². The summed E-state index contributed by atoms with van der Waals surface area (Å²) in [6.07, 6.45) is 2.46. The topological polar surface area (TPSA) is 71.3 Å². The molecule has 2 aromatic rings. The maximum absolute atomic E-state index is 12.4. The Kier molecular flexibility index (Phi) is 8.82. The van der Waals surface area contributed by atoms with Gasteiger partial charge in [0.1, 0.15) is 11.6 Å². The molecular formula is C22H23IN2O3. The lowest BCUT2D eigenvalue weighted by Crippen LogP contribution is -2.23. The number of nitriles is 1. The van der Waals surface area contributed by atoms with Crippen molar-refractivity contribution in [2.75, 3.05) is 13.2 Å². The van der Waals surface area contributed by atoms with Crippen LogP contribution in [-0.2, 0) is 11.3 Å². The van der Waals surface area contributed by atoms with E-state index >= 15 is 0 Å². The second-order valence-electron chi connectivity index (χ2n) is 5.95. The number of carbonyl (C=O) groups is 1. The highest BCUT2D eigenvalue weighted by atomic mass is 127. The van der Waals surface area contributed by atoms with Crippen LogP contribution in [0.2, 0.25) is 0 Å². The molecule has 146 valence electrons. The summed E-state index contributed by atoms with van der Waals surface area (Å²) in [7, 11) is 0. The quantitative estimate of drug-likeness (QED) is 0.314. The molecule has 0 aliphatic rings. The molecule has 6 heteroatoms. The van der Waals surface area contributed by atoms with E-state index in [-0.39, 0.29) is 5.57 Å². The first-order chi connectivity index (χ1) is 13.6. The summed E-state index contributed by atoms with van der Waals surface area (Å²) in [5.74, 6) is 0.884. The Balaban J connectivity index is 2.22. The van der Waals surface area contributed by atoms with E-state index in [9.17, 15) is 10.1 Å². The Morgan fingerprint density at radius 3 is 2.61 bits per heavy atom. The van der Waals surface area contributed by atoms with Crippen LogP contribution >= 0.6 is 22.6 Å². The molecule has 0 aliphatic heterocycles. The zero-order valence-corrected chi connectivity index (χ0v) is 18.2. The molecule has 0 aromatic heterocycles. The first-order valence-electron chi connectivity index (χ1n) is 9.12. The third kappa shape index (κ3) is 6.27. The molecule has 0 saturated carbocycles. The average Bonchev–Trinajstić information content (AvgIpc) is 2.70. The number of carbonyl (C=O) groups excluding carboxylic acids is 1. The molecular weight excluding hydrogens is 467 g/mol. The van der Waals surface area contributed by atoms with Crippen molar-refractivity contribution in [1.82, 2.24) is 5.32 Å². The molecule has 0 atom stereocenters. The lowest BCUT2D eigenvalue weighted by molar-refractivity contribution is -0.117. The number of nitrogens with zero attached hydrogens (tertiary/aromatic N) is 1. The number of nitrogens with one attached hydrogen (secondary N) is 1. The summed E-state index contributed by atoms with van der Waals surface area (Å²) < 4.78 is 12.4. The second-order valence-corrected chi connectivity index (χ2v) is 7.11. The van der Waals surface area contributed by atoms with Gasteiger partial charge in [0.05, 0.1) is 16.8 Å². The van der Waals surface area contributed by atoms with Crippen molar-refractivity contribution in [3.63, 3.8) is 0 Å². The average molecular weight is 490 g/mol. The van der Waals surface area contributed by atoms with Crippen LogP contribution in [-0.4, -0.2) is 19.1 Å². The largest absolute Gasteiger partial charge is 0.490 e. The molecule has 0 spiro atoms. The number of ether oxygens (including phenoxy) is 2. The Labute approximate surface area is 179 Å². The van der Waals surface area contributed by atoms with Gasteiger partial charge in [-0.3, -0.25) is 4.79 Å². The minimum Gasteiger partial charge on any atom is -0.490 e. The molecule has 0 radical (unpaired) electrons. The van der Waals surface area contributed by atoms with Crippen LogP contribution in [0, 0.1) is 14.9 Å². The highest BCUT2D eigenvalue weighted by Gasteiger charge is 2.14. The van der Waals surface area contributed by atoms with Crippen LogP contribution < -0.4 is 14.8 Å². The predicted octanol–water partition coefficient (Wildman–Crippen LogP) is 4.70. The van der Waals surface area contributed by atoms with Crippen LogP contribution in [0.5, 0.6) is 11.5 Å². The fourth-order valence-electron chi connectivity index (χ4n) is 2.47.